The van der Waals surface area contributed by atoms with Crippen molar-refractivity contribution in [3.63, 3.8) is 0 Å². The lowest BCUT2D eigenvalue weighted by Gasteiger charge is -2.57. The first kappa shape index (κ1) is 68.4. The van der Waals surface area contributed by atoms with Crippen molar-refractivity contribution in [3.8, 4) is 0 Å². The molecule has 10 aliphatic rings. The van der Waals surface area contributed by atoms with Gasteiger partial charge < -0.3 is 88.1 Å². The van der Waals surface area contributed by atoms with E-state index in [1.165, 1.54) is 6.92 Å². The Morgan fingerprint density at radius 2 is 1.28 bits per heavy atom. The van der Waals surface area contributed by atoms with Crippen LogP contribution in [0.1, 0.15) is 161 Å². The standard InChI is InChI=1S/C68H103NO20/c1-15-16-42-17-18-43-25-35(6)58(88-54-30-66(13,78)62(40(11)83-54)69-41(12)70)33(4)23-31(2)45-20-19-44-56(67(45,14)63(75)55-64(76)68(43,29-42)89-65(55)77)32(3)24-34(5)59(44)85-52-27-48(73)60(38(9)81-52)86-53-28-49(84-50-22-21-46(71)36(7)79-50)61(39(10)82-53)87-51-26-47(72)57(74)37(8)80-51/h17-20,23,25,32-34,36-40,42-54,56-62,71-75,78H,15-16,21-22,24,26-30H2,1-14H3,(H,69,70)/b31-23-,35-25-,63-55-/t32-,33+,34+,36+,37-,38-,39-,40-,42+,43+,44+,45-,46+,47-,48-,49-,50+,51-,52+,53+,54-,56+,57+,58+,59-,60+,61-,62+,66+,67+,68-/m1/s1. The van der Waals surface area contributed by atoms with Gasteiger partial charge in [-0.05, 0) is 104 Å². The van der Waals surface area contributed by atoms with Crippen LogP contribution in [-0.2, 0) is 66.5 Å². The number of nitrogens with one attached hydrogen (secondary N) is 1. The Morgan fingerprint density at radius 3 is 1.93 bits per heavy atom. The Hall–Kier alpha value is -3.49. The number of esters is 1. The lowest BCUT2D eigenvalue weighted by Crippen LogP contribution is -2.62. The van der Waals surface area contributed by atoms with Crippen molar-refractivity contribution in [1.29, 1.82) is 0 Å². The molecule has 0 aromatic carbocycles. The average Bonchev–Trinajstić information content (AvgIpc) is 1.70. The summed E-state index contributed by atoms with van der Waals surface area (Å²) in [6, 6.07) is -0.685. The Kier molecular flexibility index (Phi) is 20.8. The van der Waals surface area contributed by atoms with Gasteiger partial charge in [0.05, 0.1) is 78.8 Å². The molecule has 1 saturated carbocycles. The molecule has 4 aliphatic carbocycles. The SMILES string of the molecule is CCC[C@H]1C=C[C@H]2/C=C(/C)[C@@H](O[C@@H]3C[C@](C)(O)[C@@H](NC(C)=O)[C@@H](C)O3)[C@@H](C)/C=C(/C)[C@H]3C=C[C@@H]4[C@H](O[C@H]5C[C@@H](O)[C@@H](O[C@H]6C[C@@H](O[C@H]7CC[C@H](O)[C@H](C)O7)[C@H](O[C@@H]7C[C@@H](O)[C@@H](O)[C@@H](C)O7)[C@@H](C)O6)[C@@H](C)O5)[C@@H](C)C[C@@H](C)[C@@H]4[C@@]3(C)/C(O)=C3/C(=O)O[C@@]2(C1)C3=O. The van der Waals surface area contributed by atoms with E-state index in [1.54, 1.807) is 27.7 Å². The van der Waals surface area contributed by atoms with Gasteiger partial charge in [0.25, 0.3) is 0 Å². The van der Waals surface area contributed by atoms with Gasteiger partial charge in [-0.15, -0.1) is 0 Å². The van der Waals surface area contributed by atoms with Crippen LogP contribution in [0.5, 0.6) is 0 Å². The molecule has 0 aromatic rings. The van der Waals surface area contributed by atoms with Crippen LogP contribution in [0.25, 0.3) is 0 Å². The van der Waals surface area contributed by atoms with Gasteiger partial charge >= 0.3 is 5.97 Å². The normalized spacial score (nSPS) is 51.6. The number of fused-ring (bicyclic) bond motifs is 4. The largest absolute Gasteiger partial charge is 0.511 e. The Labute approximate surface area is 525 Å². The van der Waals surface area contributed by atoms with E-state index in [1.807, 2.05) is 46.8 Å². The first-order valence-corrected chi connectivity index (χ1v) is 33.2. The summed E-state index contributed by atoms with van der Waals surface area (Å²) in [6.07, 6.45) is 1.51. The maximum absolute atomic E-state index is 15.7. The zero-order valence-electron chi connectivity index (χ0n) is 54.6. The highest BCUT2D eigenvalue weighted by molar-refractivity contribution is 6.26. The predicted molar refractivity (Wildman–Crippen MR) is 322 cm³/mol. The quantitative estimate of drug-likeness (QED) is 0.0556. The van der Waals surface area contributed by atoms with Gasteiger partial charge in [-0.2, -0.15) is 0 Å². The van der Waals surface area contributed by atoms with E-state index in [0.717, 1.165) is 24.0 Å². The van der Waals surface area contributed by atoms with E-state index in [4.69, 9.17) is 52.1 Å². The maximum Gasteiger partial charge on any atom is 0.346 e. The zero-order chi connectivity index (χ0) is 64.5. The van der Waals surface area contributed by atoms with Gasteiger partial charge in [0.15, 0.2) is 37.1 Å². The molecule has 10 rings (SSSR count). The summed E-state index contributed by atoms with van der Waals surface area (Å²) < 4.78 is 71.9. The number of aliphatic hydroxyl groups excluding tert-OH is 5. The highest BCUT2D eigenvalue weighted by atomic mass is 16.8. The number of rotatable bonds is 13. The van der Waals surface area contributed by atoms with E-state index in [2.05, 4.69) is 57.3 Å². The maximum atomic E-state index is 15.7. The number of aliphatic hydroxyl groups is 6. The molecule has 6 heterocycles. The van der Waals surface area contributed by atoms with Gasteiger partial charge in [-0.3, -0.25) is 9.59 Å². The van der Waals surface area contributed by atoms with Crippen LogP contribution >= 0.6 is 0 Å². The van der Waals surface area contributed by atoms with Crippen LogP contribution in [0.3, 0.4) is 0 Å². The molecule has 0 unspecified atom stereocenters. The Balaban J connectivity index is 0.918. The second-order valence-corrected chi connectivity index (χ2v) is 28.7. The summed E-state index contributed by atoms with van der Waals surface area (Å²) in [5.41, 5.74) is -3.01. The molecule has 6 saturated heterocycles. The molecule has 0 radical (unpaired) electrons. The van der Waals surface area contributed by atoms with Crippen molar-refractivity contribution < 1.29 is 97.1 Å². The summed E-state index contributed by atoms with van der Waals surface area (Å²) in [4.78, 5) is 42.8. The summed E-state index contributed by atoms with van der Waals surface area (Å²) in [5, 5.41) is 71.5. The topological polar surface area (TPSA) is 286 Å². The number of ether oxygens (including phenoxy) is 11. The number of Topliss-reactive ketones (excluding diaryl/α,β-unsaturated/α-hetero) is 1. The molecule has 0 aromatic heterocycles. The third kappa shape index (κ3) is 13.6. The fraction of sp³-hybridized carbons (Fsp3) is 0.809. The highest BCUT2D eigenvalue weighted by Gasteiger charge is 2.64. The van der Waals surface area contributed by atoms with Crippen molar-refractivity contribution >= 4 is 17.7 Å². The fourth-order valence-corrected chi connectivity index (χ4v) is 17.3. The number of hydrogen-bond donors (Lipinski definition) is 7. The van der Waals surface area contributed by atoms with E-state index in [9.17, 15) is 40.2 Å². The molecule has 21 nitrogen and oxygen atoms in total. The number of hydrogen-bond acceptors (Lipinski definition) is 20. The molecular formula is C68H103NO20. The molecule has 6 aliphatic heterocycles. The Bertz CT molecular complexity index is 2690. The van der Waals surface area contributed by atoms with Crippen LogP contribution in [0.15, 0.2) is 58.9 Å². The fourth-order valence-electron chi connectivity index (χ4n) is 17.3. The van der Waals surface area contributed by atoms with E-state index < -0.39 is 169 Å². The van der Waals surface area contributed by atoms with Crippen LogP contribution in [-0.4, -0.2) is 182 Å². The summed E-state index contributed by atoms with van der Waals surface area (Å²) in [7, 11) is 0. The van der Waals surface area contributed by atoms with E-state index in [0.29, 0.717) is 19.3 Å². The van der Waals surface area contributed by atoms with Crippen molar-refractivity contribution in [2.75, 3.05) is 0 Å². The van der Waals surface area contributed by atoms with Gasteiger partial charge in [0.2, 0.25) is 11.7 Å². The molecule has 500 valence electrons. The minimum Gasteiger partial charge on any atom is -0.511 e. The van der Waals surface area contributed by atoms with Gasteiger partial charge in [-0.1, -0.05) is 83.1 Å². The molecule has 89 heavy (non-hydrogen) atoms. The van der Waals surface area contributed by atoms with Crippen LogP contribution < -0.4 is 5.32 Å². The number of ketones is 1. The monoisotopic (exact) mass is 1250 g/mol. The smallest absolute Gasteiger partial charge is 0.346 e. The predicted octanol–water partition coefficient (Wildman–Crippen LogP) is 6.99. The first-order chi connectivity index (χ1) is 41.9. The van der Waals surface area contributed by atoms with E-state index >= 15 is 4.79 Å². The van der Waals surface area contributed by atoms with E-state index in [-0.39, 0.29) is 78.9 Å². The van der Waals surface area contributed by atoms with Crippen molar-refractivity contribution in [2.24, 2.45) is 52.8 Å². The molecule has 1 spiro atoms. The molecule has 21 heteroatoms. The lowest BCUT2D eigenvalue weighted by atomic mass is 9.49. The Morgan fingerprint density at radius 1 is 0.652 bits per heavy atom. The van der Waals surface area contributed by atoms with Gasteiger partial charge in [0, 0.05) is 74.5 Å². The summed E-state index contributed by atoms with van der Waals surface area (Å²) in [5.74, 6) is -4.57. The molecule has 7 N–H and O–H groups in total. The second-order valence-electron chi connectivity index (χ2n) is 28.7. The minimum atomic E-state index is -1.65. The molecular weight excluding hydrogens is 1150 g/mol. The number of allylic oxidation sites excluding steroid dienone is 4. The molecule has 31 atom stereocenters. The zero-order valence-corrected chi connectivity index (χ0v) is 54.6. The lowest BCUT2D eigenvalue weighted by molar-refractivity contribution is -0.352. The molecule has 7 fully saturated rings. The molecule has 1 amide bonds. The minimum absolute atomic E-state index is 0.0322. The van der Waals surface area contributed by atoms with Crippen molar-refractivity contribution in [2.45, 2.75) is 295 Å². The van der Waals surface area contributed by atoms with Crippen molar-refractivity contribution in [1.82, 2.24) is 5.32 Å². The van der Waals surface area contributed by atoms with Crippen LogP contribution in [0.4, 0.5) is 0 Å². The molecule has 2 bridgehead atoms. The number of carbonyl (C=O) groups is 3. The summed E-state index contributed by atoms with van der Waals surface area (Å²) >= 11 is 0. The van der Waals surface area contributed by atoms with Crippen LogP contribution in [0.2, 0.25) is 0 Å². The number of carbonyl (C=O) groups excluding carboxylic acids is 3. The van der Waals surface area contributed by atoms with Crippen LogP contribution in [0, 0.1) is 52.8 Å². The van der Waals surface area contributed by atoms with Gasteiger partial charge in [0.1, 0.15) is 29.6 Å². The highest BCUT2D eigenvalue weighted by Crippen LogP contribution is 2.61. The van der Waals surface area contributed by atoms with Gasteiger partial charge in [-0.25, -0.2) is 4.79 Å². The number of amides is 1. The average molecular weight is 1250 g/mol. The third-order valence-corrected chi connectivity index (χ3v) is 21.7. The third-order valence-electron chi connectivity index (χ3n) is 21.7. The first-order valence-electron chi connectivity index (χ1n) is 33.2. The van der Waals surface area contributed by atoms with Crippen molar-refractivity contribution in [3.05, 3.63) is 58.9 Å². The second kappa shape index (κ2) is 27.1. The summed E-state index contributed by atoms with van der Waals surface area (Å²) in [6.45, 7) is 26.3.